The van der Waals surface area contributed by atoms with Crippen LogP contribution in [0, 0.1) is 5.82 Å². The third kappa shape index (κ3) is 2.53. The number of anilines is 1. The van der Waals surface area contributed by atoms with Gasteiger partial charge in [0.15, 0.2) is 0 Å². The third-order valence-corrected chi connectivity index (χ3v) is 5.18. The van der Waals surface area contributed by atoms with Crippen LogP contribution in [-0.2, 0) is 4.79 Å². The zero-order valence-electron chi connectivity index (χ0n) is 12.6. The van der Waals surface area contributed by atoms with Gasteiger partial charge in [0.2, 0.25) is 5.91 Å². The van der Waals surface area contributed by atoms with Crippen LogP contribution >= 0.6 is 11.6 Å². The van der Waals surface area contributed by atoms with Crippen LogP contribution in [0.5, 0.6) is 0 Å². The highest BCUT2D eigenvalue weighted by molar-refractivity contribution is 6.31. The number of hydrogen-bond donors (Lipinski definition) is 1. The van der Waals surface area contributed by atoms with Gasteiger partial charge in [-0.1, -0.05) is 30.5 Å². The third-order valence-electron chi connectivity index (χ3n) is 4.85. The van der Waals surface area contributed by atoms with E-state index in [-0.39, 0.29) is 17.6 Å². The summed E-state index contributed by atoms with van der Waals surface area (Å²) < 4.78 is 15.3. The summed E-state index contributed by atoms with van der Waals surface area (Å²) >= 11 is 6.21. The van der Waals surface area contributed by atoms with Gasteiger partial charge in [-0.3, -0.25) is 4.79 Å². The molecule has 6 heteroatoms. The van der Waals surface area contributed by atoms with Gasteiger partial charge in [-0.2, -0.15) is 5.10 Å². The number of halogens is 2. The zero-order valence-corrected chi connectivity index (χ0v) is 13.3. The minimum absolute atomic E-state index is 0.0531. The Kier molecular flexibility index (Phi) is 3.60. The summed E-state index contributed by atoms with van der Waals surface area (Å²) in [7, 11) is 0. The van der Waals surface area contributed by atoms with Crippen molar-refractivity contribution in [2.75, 3.05) is 5.32 Å². The van der Waals surface area contributed by atoms with Gasteiger partial charge in [0.1, 0.15) is 11.6 Å². The number of amides is 1. The van der Waals surface area contributed by atoms with Crippen LogP contribution in [0.1, 0.15) is 55.2 Å². The number of nitrogens with zero attached hydrogens (tertiary/aromatic N) is 2. The molecular weight excluding hydrogens is 317 g/mol. The first-order valence-corrected chi connectivity index (χ1v) is 8.33. The largest absolute Gasteiger partial charge is 0.311 e. The maximum absolute atomic E-state index is 13.3. The van der Waals surface area contributed by atoms with E-state index in [1.807, 2.05) is 10.9 Å². The lowest BCUT2D eigenvalue weighted by molar-refractivity contribution is -0.116. The standard InChI is InChI=1S/C17H17ClFN3O/c18-15-7-10(19)5-6-12(15)13-8-16(23)21-17-14(13)9-20-22(17)11-3-1-2-4-11/h5-7,9,11,13H,1-4,8H2,(H,21,23)/t13-/m0/s1. The van der Waals surface area contributed by atoms with E-state index >= 15 is 0 Å². The van der Waals surface area contributed by atoms with Crippen molar-refractivity contribution < 1.29 is 9.18 Å². The lowest BCUT2D eigenvalue weighted by atomic mass is 9.87. The zero-order chi connectivity index (χ0) is 16.0. The van der Waals surface area contributed by atoms with E-state index in [2.05, 4.69) is 10.4 Å². The molecule has 0 spiro atoms. The van der Waals surface area contributed by atoms with Crippen molar-refractivity contribution in [2.45, 2.75) is 44.1 Å². The average molecular weight is 334 g/mol. The van der Waals surface area contributed by atoms with Crippen molar-refractivity contribution in [1.29, 1.82) is 0 Å². The summed E-state index contributed by atoms with van der Waals surface area (Å²) in [6, 6.07) is 4.69. The Bertz CT molecular complexity index is 767. The molecule has 1 aromatic carbocycles. The summed E-state index contributed by atoms with van der Waals surface area (Å²) in [6.07, 6.45) is 6.69. The number of fused-ring (bicyclic) bond motifs is 1. The fraction of sp³-hybridized carbons (Fsp3) is 0.412. The van der Waals surface area contributed by atoms with Crippen molar-refractivity contribution in [3.63, 3.8) is 0 Å². The van der Waals surface area contributed by atoms with Crippen LogP contribution in [0.4, 0.5) is 10.2 Å². The maximum Gasteiger partial charge on any atom is 0.226 e. The molecule has 1 N–H and O–H groups in total. The Balaban J connectivity index is 1.78. The molecule has 1 amide bonds. The highest BCUT2D eigenvalue weighted by Crippen LogP contribution is 2.42. The Morgan fingerprint density at radius 3 is 2.78 bits per heavy atom. The van der Waals surface area contributed by atoms with E-state index in [0.29, 0.717) is 17.5 Å². The van der Waals surface area contributed by atoms with E-state index in [0.717, 1.165) is 29.8 Å². The van der Waals surface area contributed by atoms with Crippen LogP contribution in [0.3, 0.4) is 0 Å². The molecule has 1 saturated carbocycles. The molecule has 0 bridgehead atoms. The van der Waals surface area contributed by atoms with Crippen molar-refractivity contribution in [2.24, 2.45) is 0 Å². The van der Waals surface area contributed by atoms with E-state index < -0.39 is 0 Å². The van der Waals surface area contributed by atoms with Gasteiger partial charge in [0.25, 0.3) is 0 Å². The molecule has 0 unspecified atom stereocenters. The smallest absolute Gasteiger partial charge is 0.226 e. The SMILES string of the molecule is O=C1C[C@@H](c2ccc(F)cc2Cl)c2cnn(C3CCCC3)c2N1. The van der Waals surface area contributed by atoms with Crippen LogP contribution < -0.4 is 5.32 Å². The van der Waals surface area contributed by atoms with Crippen molar-refractivity contribution >= 4 is 23.3 Å². The van der Waals surface area contributed by atoms with Gasteiger partial charge in [-0.05, 0) is 30.5 Å². The number of nitrogens with one attached hydrogen (secondary N) is 1. The maximum atomic E-state index is 13.3. The first-order valence-electron chi connectivity index (χ1n) is 7.95. The van der Waals surface area contributed by atoms with Gasteiger partial charge in [-0.25, -0.2) is 9.07 Å². The van der Waals surface area contributed by atoms with Gasteiger partial charge in [0, 0.05) is 22.9 Å². The fourth-order valence-electron chi connectivity index (χ4n) is 3.73. The second-order valence-corrected chi connectivity index (χ2v) is 6.71. The molecule has 23 heavy (non-hydrogen) atoms. The highest BCUT2D eigenvalue weighted by atomic mass is 35.5. The van der Waals surface area contributed by atoms with E-state index in [1.165, 1.54) is 25.0 Å². The lowest BCUT2D eigenvalue weighted by Gasteiger charge is -2.25. The second kappa shape index (κ2) is 5.64. The van der Waals surface area contributed by atoms with E-state index in [4.69, 9.17) is 11.6 Å². The molecule has 0 saturated heterocycles. The van der Waals surface area contributed by atoms with Crippen LogP contribution in [-0.4, -0.2) is 15.7 Å². The predicted octanol–water partition coefficient (Wildman–Crippen LogP) is 4.26. The molecule has 2 heterocycles. The number of aromatic nitrogens is 2. The molecule has 120 valence electrons. The van der Waals surface area contributed by atoms with E-state index in [1.54, 1.807) is 6.07 Å². The molecule has 2 aliphatic rings. The summed E-state index contributed by atoms with van der Waals surface area (Å²) in [5.74, 6) is 0.170. The molecular formula is C17H17ClFN3O. The Morgan fingerprint density at radius 2 is 2.04 bits per heavy atom. The summed E-state index contributed by atoms with van der Waals surface area (Å²) in [4.78, 5) is 12.2. The average Bonchev–Trinajstić information content (AvgIpc) is 3.15. The Morgan fingerprint density at radius 1 is 1.26 bits per heavy atom. The number of benzene rings is 1. The highest BCUT2D eigenvalue weighted by Gasteiger charge is 2.33. The molecule has 4 nitrogen and oxygen atoms in total. The Hall–Kier alpha value is -1.88. The molecule has 4 rings (SSSR count). The fourth-order valence-corrected chi connectivity index (χ4v) is 4.02. The van der Waals surface area contributed by atoms with Gasteiger partial charge in [-0.15, -0.1) is 0 Å². The number of carbonyl (C=O) groups excluding carboxylic acids is 1. The van der Waals surface area contributed by atoms with Crippen LogP contribution in [0.2, 0.25) is 5.02 Å². The summed E-state index contributed by atoms with van der Waals surface area (Å²) in [6.45, 7) is 0. The number of carbonyl (C=O) groups is 1. The summed E-state index contributed by atoms with van der Waals surface area (Å²) in [5.41, 5.74) is 1.74. The lowest BCUT2D eigenvalue weighted by Crippen LogP contribution is -2.25. The van der Waals surface area contributed by atoms with Gasteiger partial charge in [0.05, 0.1) is 12.2 Å². The topological polar surface area (TPSA) is 46.9 Å². The molecule has 1 aliphatic carbocycles. The quantitative estimate of drug-likeness (QED) is 0.892. The predicted molar refractivity (Wildman–Crippen MR) is 86.2 cm³/mol. The van der Waals surface area contributed by atoms with Crippen LogP contribution in [0.15, 0.2) is 24.4 Å². The number of rotatable bonds is 2. The minimum Gasteiger partial charge on any atom is -0.311 e. The van der Waals surface area contributed by atoms with Gasteiger partial charge < -0.3 is 5.32 Å². The monoisotopic (exact) mass is 333 g/mol. The van der Waals surface area contributed by atoms with E-state index in [9.17, 15) is 9.18 Å². The Labute approximate surface area is 138 Å². The summed E-state index contributed by atoms with van der Waals surface area (Å²) in [5, 5.41) is 7.83. The van der Waals surface area contributed by atoms with Crippen molar-refractivity contribution in [3.05, 3.63) is 46.4 Å². The molecule has 2 aromatic rings. The van der Waals surface area contributed by atoms with Crippen LogP contribution in [0.25, 0.3) is 0 Å². The normalized spacial score (nSPS) is 21.3. The first-order chi connectivity index (χ1) is 11.1. The first kappa shape index (κ1) is 14.7. The molecule has 1 fully saturated rings. The molecule has 0 radical (unpaired) electrons. The second-order valence-electron chi connectivity index (χ2n) is 6.30. The van der Waals surface area contributed by atoms with Gasteiger partial charge >= 0.3 is 0 Å². The molecule has 1 aliphatic heterocycles. The molecule has 1 aromatic heterocycles. The minimum atomic E-state index is -0.374. The van der Waals surface area contributed by atoms with Crippen molar-refractivity contribution in [1.82, 2.24) is 9.78 Å². The van der Waals surface area contributed by atoms with Crippen molar-refractivity contribution in [3.8, 4) is 0 Å². The number of hydrogen-bond acceptors (Lipinski definition) is 2. The molecule has 1 atom stereocenters.